The molecule has 0 N–H and O–H groups in total. The van der Waals surface area contributed by atoms with Crippen molar-refractivity contribution in [2.45, 2.75) is 16.7 Å². The minimum Gasteiger partial charge on any atom is -0.471 e. The Morgan fingerprint density at radius 2 is 2.08 bits per heavy atom. The molecule has 0 atom stereocenters. The average molecular weight is 212 g/mol. The molecule has 2 rings (SSSR count). The van der Waals surface area contributed by atoms with Gasteiger partial charge >= 0.3 is 0 Å². The van der Waals surface area contributed by atoms with E-state index in [1.165, 1.54) is 0 Å². The van der Waals surface area contributed by atoms with E-state index >= 15 is 0 Å². The smallest absolute Gasteiger partial charge is 0.115 e. The summed E-state index contributed by atoms with van der Waals surface area (Å²) in [6.07, 6.45) is 5.10. The van der Waals surface area contributed by atoms with E-state index in [-0.39, 0.29) is 0 Å². The van der Waals surface area contributed by atoms with Crippen molar-refractivity contribution >= 4 is 21.6 Å². The molecule has 68 valence electrons. The molecule has 4 heteroatoms. The lowest BCUT2D eigenvalue weighted by Crippen LogP contribution is -1.64. The normalized spacial score (nSPS) is 10.5. The van der Waals surface area contributed by atoms with Crippen LogP contribution < -0.4 is 0 Å². The molecule has 13 heavy (non-hydrogen) atoms. The van der Waals surface area contributed by atoms with Crippen LogP contribution in [-0.4, -0.2) is 0 Å². The van der Waals surface area contributed by atoms with Gasteiger partial charge in [0.1, 0.15) is 12.0 Å². The average Bonchev–Trinajstić information content (AvgIpc) is 2.72. The fourth-order valence-electron chi connectivity index (χ4n) is 0.852. The van der Waals surface area contributed by atoms with Crippen molar-refractivity contribution in [3.05, 3.63) is 36.7 Å². The van der Waals surface area contributed by atoms with Crippen LogP contribution >= 0.6 is 21.6 Å². The third-order valence-corrected chi connectivity index (χ3v) is 4.01. The van der Waals surface area contributed by atoms with Crippen molar-refractivity contribution in [1.82, 2.24) is 0 Å². The Morgan fingerprint density at radius 3 is 2.69 bits per heavy atom. The maximum Gasteiger partial charge on any atom is 0.115 e. The molecule has 0 aliphatic carbocycles. The van der Waals surface area contributed by atoms with Gasteiger partial charge in [-0.05, 0) is 40.6 Å². The minimum absolute atomic E-state index is 0.959. The molecule has 0 fully saturated rings. The second-order valence-electron chi connectivity index (χ2n) is 2.47. The van der Waals surface area contributed by atoms with Gasteiger partial charge in [-0.2, -0.15) is 0 Å². The number of aryl methyl sites for hydroxylation is 1. The molecular weight excluding hydrogens is 204 g/mol. The highest BCUT2D eigenvalue weighted by Crippen LogP contribution is 2.39. The fourth-order valence-corrected chi connectivity index (χ4v) is 2.88. The summed E-state index contributed by atoms with van der Waals surface area (Å²) in [6, 6.07) is 3.90. The number of furan rings is 2. The summed E-state index contributed by atoms with van der Waals surface area (Å²) in [4.78, 5) is 2.27. The largest absolute Gasteiger partial charge is 0.471 e. The Bertz CT molecular complexity index is 365. The van der Waals surface area contributed by atoms with E-state index in [4.69, 9.17) is 8.83 Å². The van der Waals surface area contributed by atoms with Crippen LogP contribution in [0.4, 0.5) is 0 Å². The van der Waals surface area contributed by atoms with Gasteiger partial charge in [0.15, 0.2) is 0 Å². The SMILES string of the molecule is Cc1occc1SSc1ccoc1. The van der Waals surface area contributed by atoms with Crippen molar-refractivity contribution in [3.8, 4) is 0 Å². The molecule has 0 bridgehead atoms. The zero-order valence-corrected chi connectivity index (χ0v) is 8.65. The van der Waals surface area contributed by atoms with Crippen LogP contribution in [0.25, 0.3) is 0 Å². The predicted molar refractivity (Wildman–Crippen MR) is 53.9 cm³/mol. The van der Waals surface area contributed by atoms with E-state index < -0.39 is 0 Å². The van der Waals surface area contributed by atoms with Crippen molar-refractivity contribution in [3.63, 3.8) is 0 Å². The van der Waals surface area contributed by atoms with Crippen LogP contribution in [0, 0.1) is 6.92 Å². The molecule has 0 unspecified atom stereocenters. The lowest BCUT2D eigenvalue weighted by Gasteiger charge is -1.94. The zero-order valence-electron chi connectivity index (χ0n) is 7.02. The molecule has 0 spiro atoms. The van der Waals surface area contributed by atoms with Gasteiger partial charge in [0.05, 0.1) is 22.3 Å². The van der Waals surface area contributed by atoms with Gasteiger partial charge in [-0.15, -0.1) is 0 Å². The van der Waals surface area contributed by atoms with Gasteiger partial charge < -0.3 is 8.83 Å². The first kappa shape index (κ1) is 8.84. The maximum absolute atomic E-state index is 5.18. The first-order chi connectivity index (χ1) is 6.36. The monoisotopic (exact) mass is 212 g/mol. The van der Waals surface area contributed by atoms with E-state index in [0.29, 0.717) is 0 Å². The van der Waals surface area contributed by atoms with Crippen LogP contribution in [0.2, 0.25) is 0 Å². The molecule has 2 aromatic rings. The van der Waals surface area contributed by atoms with E-state index in [0.717, 1.165) is 15.6 Å². The highest BCUT2D eigenvalue weighted by molar-refractivity contribution is 8.76. The van der Waals surface area contributed by atoms with Crippen LogP contribution in [0.1, 0.15) is 5.76 Å². The molecule has 0 radical (unpaired) electrons. The third kappa shape index (κ3) is 2.14. The molecule has 0 aliphatic rings. The lowest BCUT2D eigenvalue weighted by atomic mass is 10.5. The molecule has 0 amide bonds. The Hall–Kier alpha value is -0.740. The third-order valence-electron chi connectivity index (χ3n) is 1.53. The van der Waals surface area contributed by atoms with Crippen LogP contribution in [0.5, 0.6) is 0 Å². The van der Waals surface area contributed by atoms with Gasteiger partial charge in [-0.3, -0.25) is 0 Å². The van der Waals surface area contributed by atoms with E-state index in [1.54, 1.807) is 40.4 Å². The zero-order chi connectivity index (χ0) is 9.10. The molecule has 0 saturated heterocycles. The van der Waals surface area contributed by atoms with Crippen molar-refractivity contribution in [2.75, 3.05) is 0 Å². The van der Waals surface area contributed by atoms with Gasteiger partial charge in [-0.1, -0.05) is 0 Å². The number of hydrogen-bond donors (Lipinski definition) is 0. The summed E-state index contributed by atoms with van der Waals surface area (Å²) >= 11 is 0. The summed E-state index contributed by atoms with van der Waals surface area (Å²) in [5.74, 6) is 0.959. The van der Waals surface area contributed by atoms with Crippen molar-refractivity contribution in [1.29, 1.82) is 0 Å². The predicted octanol–water partition coefficient (Wildman–Crippen LogP) is 3.98. The van der Waals surface area contributed by atoms with Crippen molar-refractivity contribution in [2.24, 2.45) is 0 Å². The first-order valence-corrected chi connectivity index (χ1v) is 5.92. The van der Waals surface area contributed by atoms with Gasteiger partial charge in [0.2, 0.25) is 0 Å². The molecule has 2 heterocycles. The number of rotatable bonds is 3. The Balaban J connectivity index is 1.97. The first-order valence-electron chi connectivity index (χ1n) is 3.77. The molecule has 0 saturated carbocycles. The lowest BCUT2D eigenvalue weighted by molar-refractivity contribution is 0.527. The van der Waals surface area contributed by atoms with Gasteiger partial charge in [0, 0.05) is 0 Å². The topological polar surface area (TPSA) is 26.3 Å². The molecule has 2 nitrogen and oxygen atoms in total. The second kappa shape index (κ2) is 3.98. The summed E-state index contributed by atoms with van der Waals surface area (Å²) in [5, 5.41) is 0. The Labute approximate surface area is 84.1 Å². The summed E-state index contributed by atoms with van der Waals surface area (Å²) in [7, 11) is 3.34. The van der Waals surface area contributed by atoms with Crippen LogP contribution in [-0.2, 0) is 0 Å². The standard InChI is InChI=1S/C9H8O2S2/c1-7-9(3-5-11-7)13-12-8-2-4-10-6-8/h2-6H,1H3. The van der Waals surface area contributed by atoms with Gasteiger partial charge in [0.25, 0.3) is 0 Å². The van der Waals surface area contributed by atoms with Crippen LogP contribution in [0.3, 0.4) is 0 Å². The van der Waals surface area contributed by atoms with Crippen molar-refractivity contribution < 1.29 is 8.83 Å². The molecule has 0 aliphatic heterocycles. The molecular formula is C9H8O2S2. The van der Waals surface area contributed by atoms with E-state index in [2.05, 4.69) is 0 Å². The molecule has 0 aromatic carbocycles. The number of hydrogen-bond acceptors (Lipinski definition) is 4. The highest BCUT2D eigenvalue weighted by atomic mass is 33.1. The maximum atomic E-state index is 5.18. The fraction of sp³-hybridized carbons (Fsp3) is 0.111. The van der Waals surface area contributed by atoms with Crippen LogP contribution in [0.15, 0.2) is 49.5 Å². The quantitative estimate of drug-likeness (QED) is 0.719. The summed E-state index contributed by atoms with van der Waals surface area (Å²) in [5.41, 5.74) is 0. The summed E-state index contributed by atoms with van der Waals surface area (Å²) < 4.78 is 10.1. The highest BCUT2D eigenvalue weighted by Gasteiger charge is 2.03. The van der Waals surface area contributed by atoms with Gasteiger partial charge in [-0.25, -0.2) is 0 Å². The van der Waals surface area contributed by atoms with E-state index in [1.807, 2.05) is 19.1 Å². The van der Waals surface area contributed by atoms with E-state index in [9.17, 15) is 0 Å². The second-order valence-corrected chi connectivity index (χ2v) is 4.71. The summed E-state index contributed by atoms with van der Waals surface area (Å²) in [6.45, 7) is 1.96. The Kier molecular flexibility index (Phi) is 2.71. The minimum atomic E-state index is 0.959. The molecule has 2 aromatic heterocycles. The Morgan fingerprint density at radius 1 is 1.15 bits per heavy atom.